The molecule has 0 radical (unpaired) electrons. The van der Waals surface area contributed by atoms with E-state index in [-0.39, 0.29) is 11.5 Å². The lowest BCUT2D eigenvalue weighted by Gasteiger charge is -2.36. The standard InChI is InChI=1S/C20H27NO/c1-14-8-4-6-10-16(14)19(22)12-18-17-11-7-5-9-15(17)13-20(2,3)21-18/h5,7,9,11-12,14,16,21H,4,6,8,10,13H2,1-3H3/b18-12+. The Balaban J connectivity index is 1.91. The summed E-state index contributed by atoms with van der Waals surface area (Å²) in [6.45, 7) is 6.63. The highest BCUT2D eigenvalue weighted by Crippen LogP contribution is 2.33. The SMILES string of the molecule is CC1CCCCC1C(=O)/C=C1/NC(C)(C)Cc2ccccc21. The van der Waals surface area contributed by atoms with E-state index >= 15 is 0 Å². The van der Waals surface area contributed by atoms with Gasteiger partial charge >= 0.3 is 0 Å². The van der Waals surface area contributed by atoms with Gasteiger partial charge in [0.1, 0.15) is 0 Å². The minimum atomic E-state index is -0.00134. The van der Waals surface area contributed by atoms with Crippen LogP contribution in [0.4, 0.5) is 0 Å². The largest absolute Gasteiger partial charge is 0.379 e. The summed E-state index contributed by atoms with van der Waals surface area (Å²) >= 11 is 0. The Hall–Kier alpha value is -1.57. The number of rotatable bonds is 2. The van der Waals surface area contributed by atoms with E-state index in [2.05, 4.69) is 50.4 Å². The summed E-state index contributed by atoms with van der Waals surface area (Å²) in [5.41, 5.74) is 3.54. The van der Waals surface area contributed by atoms with Crippen molar-refractivity contribution in [3.8, 4) is 0 Å². The average molecular weight is 297 g/mol. The fraction of sp³-hybridized carbons (Fsp3) is 0.550. The second-order valence-electron chi connectivity index (χ2n) is 7.67. The molecular formula is C20H27NO. The molecule has 1 fully saturated rings. The summed E-state index contributed by atoms with van der Waals surface area (Å²) in [4.78, 5) is 12.8. The molecule has 0 amide bonds. The predicted octanol–water partition coefficient (Wildman–Crippen LogP) is 4.35. The molecule has 0 saturated heterocycles. The summed E-state index contributed by atoms with van der Waals surface area (Å²) in [6.07, 6.45) is 7.58. The van der Waals surface area contributed by atoms with E-state index < -0.39 is 0 Å². The van der Waals surface area contributed by atoms with Crippen LogP contribution in [0, 0.1) is 11.8 Å². The molecule has 0 spiro atoms. The Morgan fingerprint density at radius 1 is 1.23 bits per heavy atom. The lowest BCUT2D eigenvalue weighted by molar-refractivity contribution is -0.120. The Bertz CT molecular complexity index is 599. The molecule has 2 nitrogen and oxygen atoms in total. The molecule has 1 aromatic carbocycles. The zero-order chi connectivity index (χ0) is 15.7. The summed E-state index contributed by atoms with van der Waals surface area (Å²) in [7, 11) is 0. The lowest BCUT2D eigenvalue weighted by atomic mass is 9.77. The van der Waals surface area contributed by atoms with E-state index in [0.717, 1.165) is 18.5 Å². The van der Waals surface area contributed by atoms with E-state index in [1.807, 2.05) is 6.08 Å². The molecule has 2 atom stereocenters. The molecule has 1 aliphatic heterocycles. The van der Waals surface area contributed by atoms with E-state index in [4.69, 9.17) is 0 Å². The second-order valence-corrected chi connectivity index (χ2v) is 7.67. The highest BCUT2D eigenvalue weighted by molar-refractivity contribution is 5.98. The second kappa shape index (κ2) is 5.91. The van der Waals surface area contributed by atoms with Crippen molar-refractivity contribution in [1.29, 1.82) is 0 Å². The maximum atomic E-state index is 12.8. The third-order valence-electron chi connectivity index (χ3n) is 5.18. The van der Waals surface area contributed by atoms with Crippen molar-refractivity contribution in [1.82, 2.24) is 5.32 Å². The van der Waals surface area contributed by atoms with Gasteiger partial charge in [-0.05, 0) is 38.2 Å². The maximum Gasteiger partial charge on any atom is 0.161 e. The smallest absolute Gasteiger partial charge is 0.161 e. The number of hydrogen-bond acceptors (Lipinski definition) is 2. The minimum absolute atomic E-state index is 0.00134. The van der Waals surface area contributed by atoms with Crippen molar-refractivity contribution >= 4 is 11.5 Å². The van der Waals surface area contributed by atoms with Crippen molar-refractivity contribution in [3.05, 3.63) is 41.5 Å². The highest BCUT2D eigenvalue weighted by atomic mass is 16.1. The van der Waals surface area contributed by atoms with Gasteiger partial charge in [0, 0.05) is 28.8 Å². The molecule has 1 aliphatic carbocycles. The van der Waals surface area contributed by atoms with Crippen molar-refractivity contribution in [2.45, 2.75) is 58.4 Å². The van der Waals surface area contributed by atoms with Gasteiger partial charge in [-0.15, -0.1) is 0 Å². The molecule has 0 aromatic heterocycles. The summed E-state index contributed by atoms with van der Waals surface area (Å²) in [6, 6.07) is 8.45. The normalized spacial score (nSPS) is 28.8. The number of carbonyl (C=O) groups is 1. The van der Waals surface area contributed by atoms with Crippen molar-refractivity contribution in [2.24, 2.45) is 11.8 Å². The van der Waals surface area contributed by atoms with Crippen LogP contribution in [0.25, 0.3) is 5.70 Å². The van der Waals surface area contributed by atoms with Crippen LogP contribution < -0.4 is 5.32 Å². The van der Waals surface area contributed by atoms with Crippen LogP contribution in [0.5, 0.6) is 0 Å². The van der Waals surface area contributed by atoms with Crippen LogP contribution in [0.3, 0.4) is 0 Å². The predicted molar refractivity (Wildman–Crippen MR) is 91.5 cm³/mol. The van der Waals surface area contributed by atoms with Crippen molar-refractivity contribution < 1.29 is 4.79 Å². The molecule has 118 valence electrons. The zero-order valence-electron chi connectivity index (χ0n) is 14.0. The number of benzene rings is 1. The number of nitrogens with one attached hydrogen (secondary N) is 1. The van der Waals surface area contributed by atoms with Gasteiger partial charge in [0.05, 0.1) is 0 Å². The maximum absolute atomic E-state index is 12.8. The molecule has 22 heavy (non-hydrogen) atoms. The first kappa shape index (κ1) is 15.3. The zero-order valence-corrected chi connectivity index (χ0v) is 14.0. The third-order valence-corrected chi connectivity index (χ3v) is 5.18. The van der Waals surface area contributed by atoms with Crippen molar-refractivity contribution in [3.63, 3.8) is 0 Å². The van der Waals surface area contributed by atoms with E-state index in [0.29, 0.717) is 11.7 Å². The lowest BCUT2D eigenvalue weighted by Crippen LogP contribution is -2.44. The quantitative estimate of drug-likeness (QED) is 0.822. The molecule has 2 aliphatic rings. The molecule has 0 bridgehead atoms. The topological polar surface area (TPSA) is 29.1 Å². The van der Waals surface area contributed by atoms with Crippen LogP contribution in [0.1, 0.15) is 57.6 Å². The first-order valence-electron chi connectivity index (χ1n) is 8.58. The van der Waals surface area contributed by atoms with Crippen LogP contribution in [0.15, 0.2) is 30.3 Å². The minimum Gasteiger partial charge on any atom is -0.379 e. The number of hydrogen-bond donors (Lipinski definition) is 1. The number of fused-ring (bicyclic) bond motifs is 1. The van der Waals surface area contributed by atoms with Crippen molar-refractivity contribution in [2.75, 3.05) is 0 Å². The van der Waals surface area contributed by atoms with E-state index in [9.17, 15) is 4.79 Å². The van der Waals surface area contributed by atoms with Gasteiger partial charge < -0.3 is 5.32 Å². The van der Waals surface area contributed by atoms with E-state index in [1.54, 1.807) is 0 Å². The number of allylic oxidation sites excluding steroid dienone is 1. The molecule has 1 saturated carbocycles. The Morgan fingerprint density at radius 3 is 2.73 bits per heavy atom. The van der Waals surface area contributed by atoms with Gasteiger partial charge in [0.15, 0.2) is 5.78 Å². The number of ketones is 1. The molecule has 1 heterocycles. The Morgan fingerprint density at radius 2 is 1.95 bits per heavy atom. The Kier molecular flexibility index (Phi) is 4.12. The molecular weight excluding hydrogens is 270 g/mol. The molecule has 2 unspecified atom stereocenters. The van der Waals surface area contributed by atoms with Crippen LogP contribution >= 0.6 is 0 Å². The fourth-order valence-corrected chi connectivity index (χ4v) is 3.99. The van der Waals surface area contributed by atoms with Crippen LogP contribution in [-0.2, 0) is 11.2 Å². The molecule has 1 N–H and O–H groups in total. The molecule has 2 heteroatoms. The van der Waals surface area contributed by atoms with Gasteiger partial charge in [0.2, 0.25) is 0 Å². The van der Waals surface area contributed by atoms with Gasteiger partial charge in [0.25, 0.3) is 0 Å². The fourth-order valence-electron chi connectivity index (χ4n) is 3.99. The van der Waals surface area contributed by atoms with Gasteiger partial charge in [-0.2, -0.15) is 0 Å². The first-order chi connectivity index (χ1) is 10.5. The number of carbonyl (C=O) groups excluding carboxylic acids is 1. The van der Waals surface area contributed by atoms with Gasteiger partial charge in [-0.3, -0.25) is 4.79 Å². The summed E-state index contributed by atoms with van der Waals surface area (Å²) in [5.74, 6) is 1.03. The average Bonchev–Trinajstić information content (AvgIpc) is 2.46. The Labute approximate surface area is 134 Å². The summed E-state index contributed by atoms with van der Waals surface area (Å²) in [5, 5.41) is 3.57. The van der Waals surface area contributed by atoms with Gasteiger partial charge in [-0.25, -0.2) is 0 Å². The van der Waals surface area contributed by atoms with Gasteiger partial charge in [-0.1, -0.05) is 50.5 Å². The molecule has 3 rings (SSSR count). The van der Waals surface area contributed by atoms with Crippen LogP contribution in [0.2, 0.25) is 0 Å². The van der Waals surface area contributed by atoms with E-state index in [1.165, 1.54) is 30.4 Å². The van der Waals surface area contributed by atoms with Crippen LogP contribution in [-0.4, -0.2) is 11.3 Å². The third kappa shape index (κ3) is 3.11. The summed E-state index contributed by atoms with van der Waals surface area (Å²) < 4.78 is 0. The highest BCUT2D eigenvalue weighted by Gasteiger charge is 2.30. The first-order valence-corrected chi connectivity index (χ1v) is 8.58. The molecule has 1 aromatic rings. The monoisotopic (exact) mass is 297 g/mol.